The molecular formula is C32H41F3N2O2. The zero-order valence-electron chi connectivity index (χ0n) is 22.7. The molecule has 39 heavy (non-hydrogen) atoms. The van der Waals surface area contributed by atoms with Crippen LogP contribution >= 0.6 is 0 Å². The van der Waals surface area contributed by atoms with E-state index in [1.54, 1.807) is 12.1 Å². The number of likely N-dealkylation sites (tertiary alicyclic amines) is 2. The van der Waals surface area contributed by atoms with E-state index in [1.165, 1.54) is 24.6 Å². The lowest BCUT2D eigenvalue weighted by Crippen LogP contribution is -2.43. The van der Waals surface area contributed by atoms with Crippen LogP contribution in [0.4, 0.5) is 13.2 Å². The summed E-state index contributed by atoms with van der Waals surface area (Å²) in [5.74, 6) is -0.508. The van der Waals surface area contributed by atoms with Gasteiger partial charge in [0.1, 0.15) is 23.5 Å². The van der Waals surface area contributed by atoms with Gasteiger partial charge in [-0.25, -0.2) is 13.2 Å². The van der Waals surface area contributed by atoms with Gasteiger partial charge in [0.05, 0.1) is 0 Å². The third kappa shape index (κ3) is 7.43. The van der Waals surface area contributed by atoms with Gasteiger partial charge in [0, 0.05) is 31.6 Å². The summed E-state index contributed by atoms with van der Waals surface area (Å²) in [4.78, 5) is 16.9. The lowest BCUT2D eigenvalue weighted by Gasteiger charge is -2.35. The molecule has 0 spiro atoms. The van der Waals surface area contributed by atoms with Gasteiger partial charge in [-0.3, -0.25) is 9.69 Å². The lowest BCUT2D eigenvalue weighted by atomic mass is 9.80. The molecule has 212 valence electrons. The summed E-state index contributed by atoms with van der Waals surface area (Å²) in [6.07, 6.45) is 9.02. The summed E-state index contributed by atoms with van der Waals surface area (Å²) in [5.41, 5.74) is 1.69. The summed E-state index contributed by atoms with van der Waals surface area (Å²) < 4.78 is 41.1. The second kappa shape index (κ2) is 12.9. The zero-order chi connectivity index (χ0) is 27.4. The molecule has 1 saturated carbocycles. The maximum absolute atomic E-state index is 14.2. The van der Waals surface area contributed by atoms with Crippen molar-refractivity contribution in [3.8, 4) is 0 Å². The van der Waals surface area contributed by atoms with Crippen molar-refractivity contribution in [1.29, 1.82) is 0 Å². The number of hydrogen-bond acceptors (Lipinski definition) is 3. The summed E-state index contributed by atoms with van der Waals surface area (Å²) in [7, 11) is 0. The summed E-state index contributed by atoms with van der Waals surface area (Å²) in [6, 6.07) is 10.1. The van der Waals surface area contributed by atoms with Crippen LogP contribution in [0.2, 0.25) is 0 Å². The number of rotatable bonds is 11. The quantitative estimate of drug-likeness (QED) is 0.352. The van der Waals surface area contributed by atoms with E-state index in [1.807, 2.05) is 6.07 Å². The maximum atomic E-state index is 14.2. The van der Waals surface area contributed by atoms with Gasteiger partial charge >= 0.3 is 5.97 Å². The highest BCUT2D eigenvalue weighted by molar-refractivity contribution is 5.73. The molecule has 3 aliphatic rings. The first kappa shape index (κ1) is 28.2. The van der Waals surface area contributed by atoms with E-state index in [2.05, 4.69) is 9.80 Å². The first-order valence-corrected chi connectivity index (χ1v) is 14.7. The van der Waals surface area contributed by atoms with E-state index < -0.39 is 23.6 Å². The number of carboxylic acid groups (broad SMARTS) is 1. The SMILES string of the molecule is O=C(O)[C@@H](CC1CCC1)N1C[C@H](CN2CCC(CCCc3cc(F)cc(F)c3)CC2)[C@@H](c2cccc(F)c2)C1. The van der Waals surface area contributed by atoms with Crippen LogP contribution in [0.25, 0.3) is 0 Å². The first-order chi connectivity index (χ1) is 18.8. The Morgan fingerprint density at radius 3 is 2.31 bits per heavy atom. The minimum atomic E-state index is -0.734. The molecule has 2 aromatic carbocycles. The van der Waals surface area contributed by atoms with Crippen LogP contribution < -0.4 is 0 Å². The van der Waals surface area contributed by atoms with Crippen molar-refractivity contribution in [2.24, 2.45) is 17.8 Å². The van der Waals surface area contributed by atoms with Gasteiger partial charge in [-0.05, 0) is 98.3 Å². The third-order valence-corrected chi connectivity index (χ3v) is 9.45. The van der Waals surface area contributed by atoms with E-state index in [9.17, 15) is 23.1 Å². The van der Waals surface area contributed by atoms with E-state index in [0.29, 0.717) is 31.2 Å². The van der Waals surface area contributed by atoms with Gasteiger partial charge in [0.2, 0.25) is 0 Å². The van der Waals surface area contributed by atoms with Gasteiger partial charge < -0.3 is 10.0 Å². The molecule has 7 heteroatoms. The van der Waals surface area contributed by atoms with Crippen molar-refractivity contribution in [2.75, 3.05) is 32.7 Å². The number of aliphatic carboxylic acids is 1. The molecular weight excluding hydrogens is 501 g/mol. The Morgan fingerprint density at radius 1 is 0.923 bits per heavy atom. The molecule has 4 nitrogen and oxygen atoms in total. The van der Waals surface area contributed by atoms with Crippen LogP contribution in [0.5, 0.6) is 0 Å². The highest BCUT2D eigenvalue weighted by Crippen LogP contribution is 2.38. The Labute approximate surface area is 230 Å². The number of halogens is 3. The largest absolute Gasteiger partial charge is 0.480 e. The van der Waals surface area contributed by atoms with E-state index >= 15 is 0 Å². The standard InChI is InChI=1S/C32H41F3N2O2/c33-27-9-3-8-25(17-27)30-21-37(31(32(38)39)16-23-5-2-6-23)20-26(30)19-36-12-10-22(11-13-36)4-1-7-24-14-28(34)18-29(35)15-24/h3,8-9,14-15,17-18,22-23,26,30-31H,1-2,4-7,10-13,16,19-21H2,(H,38,39)/t26-,30+,31+/m0/s1. The Balaban J connectivity index is 1.16. The number of nitrogens with zero attached hydrogens (tertiary/aromatic N) is 2. The second-order valence-corrected chi connectivity index (χ2v) is 12.2. The zero-order valence-corrected chi connectivity index (χ0v) is 22.7. The lowest BCUT2D eigenvalue weighted by molar-refractivity contribution is -0.144. The first-order valence-electron chi connectivity index (χ1n) is 14.7. The predicted octanol–water partition coefficient (Wildman–Crippen LogP) is 6.50. The summed E-state index contributed by atoms with van der Waals surface area (Å²) in [6.45, 7) is 4.28. The molecule has 0 amide bonds. The highest BCUT2D eigenvalue weighted by atomic mass is 19.1. The fraction of sp³-hybridized carbons (Fsp3) is 0.594. The average molecular weight is 543 g/mol. The molecule has 1 N–H and O–H groups in total. The summed E-state index contributed by atoms with van der Waals surface area (Å²) >= 11 is 0. The van der Waals surface area contributed by atoms with Crippen LogP contribution in [0.3, 0.4) is 0 Å². The smallest absolute Gasteiger partial charge is 0.320 e. The fourth-order valence-corrected chi connectivity index (χ4v) is 7.05. The minimum Gasteiger partial charge on any atom is -0.480 e. The third-order valence-electron chi connectivity index (χ3n) is 9.45. The Morgan fingerprint density at radius 2 is 1.67 bits per heavy atom. The molecule has 0 radical (unpaired) electrons. The fourth-order valence-electron chi connectivity index (χ4n) is 7.05. The molecule has 2 aliphatic heterocycles. The van der Waals surface area contributed by atoms with Crippen LogP contribution in [0, 0.1) is 35.2 Å². The van der Waals surface area contributed by atoms with Crippen LogP contribution in [-0.2, 0) is 11.2 Å². The molecule has 2 aromatic rings. The molecule has 1 aliphatic carbocycles. The van der Waals surface area contributed by atoms with Gasteiger partial charge in [0.15, 0.2) is 0 Å². The number of benzene rings is 2. The highest BCUT2D eigenvalue weighted by Gasteiger charge is 2.41. The number of aryl methyl sites for hydroxylation is 1. The Hall–Kier alpha value is -2.38. The van der Waals surface area contributed by atoms with Crippen LogP contribution in [0.1, 0.15) is 68.4 Å². The van der Waals surface area contributed by atoms with E-state index in [-0.39, 0.29) is 17.7 Å². The van der Waals surface area contributed by atoms with Crippen molar-refractivity contribution in [3.63, 3.8) is 0 Å². The number of carbonyl (C=O) groups is 1. The molecule has 5 rings (SSSR count). The van der Waals surface area contributed by atoms with Crippen molar-refractivity contribution in [1.82, 2.24) is 9.80 Å². The van der Waals surface area contributed by atoms with Crippen molar-refractivity contribution in [3.05, 3.63) is 71.0 Å². The number of carboxylic acids is 1. The molecule has 3 fully saturated rings. The minimum absolute atomic E-state index is 0.119. The van der Waals surface area contributed by atoms with E-state index in [4.69, 9.17) is 0 Å². The molecule has 0 bridgehead atoms. The predicted molar refractivity (Wildman–Crippen MR) is 146 cm³/mol. The summed E-state index contributed by atoms with van der Waals surface area (Å²) in [5, 5.41) is 10.1. The molecule has 2 saturated heterocycles. The van der Waals surface area contributed by atoms with Gasteiger partial charge in [-0.15, -0.1) is 0 Å². The molecule has 0 unspecified atom stereocenters. The van der Waals surface area contributed by atoms with Gasteiger partial charge in [-0.2, -0.15) is 0 Å². The van der Waals surface area contributed by atoms with Crippen LogP contribution in [-0.4, -0.2) is 59.6 Å². The molecule has 3 atom stereocenters. The number of piperidine rings is 1. The maximum Gasteiger partial charge on any atom is 0.320 e. The average Bonchev–Trinajstić information content (AvgIpc) is 3.27. The normalized spacial score (nSPS) is 24.1. The molecule has 0 aromatic heterocycles. The second-order valence-electron chi connectivity index (χ2n) is 12.2. The topological polar surface area (TPSA) is 43.8 Å². The van der Waals surface area contributed by atoms with Crippen molar-refractivity contribution >= 4 is 5.97 Å². The van der Waals surface area contributed by atoms with Gasteiger partial charge in [0.25, 0.3) is 0 Å². The van der Waals surface area contributed by atoms with Crippen molar-refractivity contribution in [2.45, 2.75) is 69.7 Å². The Kier molecular flexibility index (Phi) is 9.28. The monoisotopic (exact) mass is 542 g/mol. The van der Waals surface area contributed by atoms with Gasteiger partial charge in [-0.1, -0.05) is 37.8 Å². The van der Waals surface area contributed by atoms with Crippen molar-refractivity contribution < 1.29 is 23.1 Å². The number of hydrogen-bond donors (Lipinski definition) is 1. The van der Waals surface area contributed by atoms with E-state index in [0.717, 1.165) is 81.9 Å². The Bertz CT molecular complexity index is 1100. The molecule has 2 heterocycles. The van der Waals surface area contributed by atoms with Crippen LogP contribution in [0.15, 0.2) is 42.5 Å².